The summed E-state index contributed by atoms with van der Waals surface area (Å²) in [6.07, 6.45) is 9.55. The van der Waals surface area contributed by atoms with Gasteiger partial charge in [0.2, 0.25) is 21.6 Å². The number of sulfonamides is 1. The Labute approximate surface area is 178 Å². The van der Waals surface area contributed by atoms with E-state index in [-0.39, 0.29) is 28.0 Å². The first-order valence-corrected chi connectivity index (χ1v) is 12.7. The summed E-state index contributed by atoms with van der Waals surface area (Å²) in [5.41, 5.74) is 0.555. The van der Waals surface area contributed by atoms with E-state index >= 15 is 0 Å². The van der Waals surface area contributed by atoms with Gasteiger partial charge >= 0.3 is 0 Å². The molecule has 1 aliphatic heterocycles. The minimum Gasteiger partial charge on any atom is -0.367 e. The van der Waals surface area contributed by atoms with Gasteiger partial charge in [0.05, 0.1) is 0 Å². The number of nitrogens with zero attached hydrogens (tertiary/aromatic N) is 1. The average molecular weight is 431 g/mol. The first-order valence-electron chi connectivity index (χ1n) is 11.2. The van der Waals surface area contributed by atoms with Crippen LogP contribution in [0.3, 0.4) is 0 Å². The van der Waals surface area contributed by atoms with Gasteiger partial charge in [0, 0.05) is 30.3 Å². The van der Waals surface area contributed by atoms with Crippen LogP contribution >= 0.6 is 0 Å². The van der Waals surface area contributed by atoms with Crippen molar-refractivity contribution in [2.45, 2.75) is 70.3 Å². The van der Waals surface area contributed by atoms with Crippen LogP contribution in [0.1, 0.15) is 84.9 Å². The molecule has 1 N–H and O–H groups in total. The molecule has 0 aromatic heterocycles. The summed E-state index contributed by atoms with van der Waals surface area (Å²) in [6, 6.07) is 6.37. The highest BCUT2D eigenvalue weighted by Crippen LogP contribution is 2.33. The summed E-state index contributed by atoms with van der Waals surface area (Å²) in [5.74, 6) is -0.918. The van der Waals surface area contributed by atoms with Crippen LogP contribution in [0.15, 0.2) is 34.9 Å². The Morgan fingerprint density at radius 2 is 1.30 bits per heavy atom. The third kappa shape index (κ3) is 4.23. The molecule has 6 nitrogen and oxygen atoms in total. The topological polar surface area (TPSA) is 83.6 Å². The van der Waals surface area contributed by atoms with Gasteiger partial charge in [-0.3, -0.25) is 9.59 Å². The van der Waals surface area contributed by atoms with Crippen LogP contribution in [-0.4, -0.2) is 44.0 Å². The van der Waals surface area contributed by atoms with E-state index in [1.54, 1.807) is 24.3 Å². The maximum atomic E-state index is 13.5. The largest absolute Gasteiger partial charge is 0.367 e. The fourth-order valence-corrected chi connectivity index (χ4v) is 6.47. The quantitative estimate of drug-likeness (QED) is 0.735. The first kappa shape index (κ1) is 21.2. The lowest BCUT2D eigenvalue weighted by Crippen LogP contribution is -2.42. The molecule has 7 heteroatoms. The number of hydrogen-bond donors (Lipinski definition) is 1. The Balaban J connectivity index is 1.79. The van der Waals surface area contributed by atoms with Crippen molar-refractivity contribution in [2.75, 3.05) is 13.1 Å². The third-order valence-corrected chi connectivity index (χ3v) is 7.98. The molecule has 3 aliphatic rings. The molecule has 4 rings (SSSR count). The van der Waals surface area contributed by atoms with E-state index in [1.807, 2.05) is 4.90 Å². The van der Waals surface area contributed by atoms with Crippen molar-refractivity contribution in [2.24, 2.45) is 0 Å². The van der Waals surface area contributed by atoms with Crippen molar-refractivity contribution in [3.8, 4) is 0 Å². The van der Waals surface area contributed by atoms with E-state index < -0.39 is 15.8 Å². The number of benzene rings is 1. The summed E-state index contributed by atoms with van der Waals surface area (Å²) in [4.78, 5) is 28.3. The van der Waals surface area contributed by atoms with Crippen LogP contribution < -0.4 is 4.72 Å². The van der Waals surface area contributed by atoms with E-state index in [1.165, 1.54) is 0 Å². The summed E-state index contributed by atoms with van der Waals surface area (Å²) in [5, 5.41) is 0. The predicted octanol–water partition coefficient (Wildman–Crippen LogP) is 3.80. The number of carbonyl (C=O) groups is 2. The predicted molar refractivity (Wildman–Crippen MR) is 116 cm³/mol. The molecular weight excluding hydrogens is 400 g/mol. The molecule has 2 aliphatic carbocycles. The van der Waals surface area contributed by atoms with E-state index in [9.17, 15) is 18.0 Å². The van der Waals surface area contributed by atoms with Crippen molar-refractivity contribution >= 4 is 21.6 Å². The lowest BCUT2D eigenvalue weighted by Gasteiger charge is -2.31. The van der Waals surface area contributed by atoms with Crippen LogP contribution in [0, 0.1) is 0 Å². The van der Waals surface area contributed by atoms with E-state index in [4.69, 9.17) is 0 Å². The van der Waals surface area contributed by atoms with Gasteiger partial charge in [-0.2, -0.15) is 0 Å². The highest BCUT2D eigenvalue weighted by Gasteiger charge is 2.42. The van der Waals surface area contributed by atoms with Gasteiger partial charge in [0.25, 0.3) is 0 Å². The van der Waals surface area contributed by atoms with Crippen LogP contribution in [-0.2, 0) is 10.0 Å². The van der Waals surface area contributed by atoms with Crippen LogP contribution in [0.2, 0.25) is 0 Å². The Hall–Kier alpha value is -1.99. The zero-order chi connectivity index (χ0) is 21.1. The van der Waals surface area contributed by atoms with E-state index in [2.05, 4.69) is 4.72 Å². The lowest BCUT2D eigenvalue weighted by molar-refractivity contribution is 0.0947. The standard InChI is InChI=1S/C23H30N2O4S/c26-21-18-13-7-8-14-19(18)22(27)23(20(21)25-15-9-3-4-10-16-25)30(28,29)24-17-11-5-1-2-6-12-17/h7-8,13-14,17,24H,1-6,9-12,15-16H2. The van der Waals surface area contributed by atoms with Crippen molar-refractivity contribution in [1.82, 2.24) is 9.62 Å². The summed E-state index contributed by atoms with van der Waals surface area (Å²) in [6.45, 7) is 1.19. The second-order valence-corrected chi connectivity index (χ2v) is 10.2. The molecule has 1 saturated heterocycles. The van der Waals surface area contributed by atoms with Crippen molar-refractivity contribution in [1.29, 1.82) is 0 Å². The van der Waals surface area contributed by atoms with Gasteiger partial charge in [-0.25, -0.2) is 13.1 Å². The SMILES string of the molecule is O=C1C(N2CCCCCC2)=C(S(=O)(=O)NC2CCCCCC2)C(=O)c2ccccc21. The normalized spacial score (nSPS) is 21.9. The minimum absolute atomic E-state index is 0.0710. The second-order valence-electron chi connectivity index (χ2n) is 8.59. The Morgan fingerprint density at radius 3 is 1.90 bits per heavy atom. The molecule has 0 unspecified atom stereocenters. The Bertz CT molecular complexity index is 951. The zero-order valence-electron chi connectivity index (χ0n) is 17.4. The molecule has 162 valence electrons. The molecule has 0 atom stereocenters. The number of fused-ring (bicyclic) bond motifs is 1. The van der Waals surface area contributed by atoms with Crippen molar-refractivity contribution < 1.29 is 18.0 Å². The minimum atomic E-state index is -4.12. The fraction of sp³-hybridized carbons (Fsp3) is 0.565. The highest BCUT2D eigenvalue weighted by atomic mass is 32.2. The number of rotatable bonds is 4. The Morgan fingerprint density at radius 1 is 0.767 bits per heavy atom. The molecule has 30 heavy (non-hydrogen) atoms. The second kappa shape index (κ2) is 9.02. The number of likely N-dealkylation sites (tertiary alicyclic amines) is 1. The molecule has 2 fully saturated rings. The summed E-state index contributed by atoms with van der Waals surface area (Å²) < 4.78 is 29.8. The molecule has 1 saturated carbocycles. The molecular formula is C23H30N2O4S. The van der Waals surface area contributed by atoms with Gasteiger partial charge in [0.15, 0.2) is 4.91 Å². The van der Waals surface area contributed by atoms with Crippen molar-refractivity contribution in [3.05, 3.63) is 46.0 Å². The fourth-order valence-electron chi connectivity index (χ4n) is 4.85. The monoisotopic (exact) mass is 430 g/mol. The molecule has 0 amide bonds. The van der Waals surface area contributed by atoms with Gasteiger partial charge in [-0.05, 0) is 25.7 Å². The van der Waals surface area contributed by atoms with Crippen LogP contribution in [0.25, 0.3) is 0 Å². The van der Waals surface area contributed by atoms with Crippen molar-refractivity contribution in [3.63, 3.8) is 0 Å². The molecule has 0 bridgehead atoms. The van der Waals surface area contributed by atoms with Gasteiger partial charge in [-0.1, -0.05) is 62.8 Å². The molecule has 1 aromatic carbocycles. The van der Waals surface area contributed by atoms with E-state index in [0.717, 1.165) is 64.2 Å². The van der Waals surface area contributed by atoms with E-state index in [0.29, 0.717) is 18.7 Å². The first-order chi connectivity index (χ1) is 14.5. The van der Waals surface area contributed by atoms with Gasteiger partial charge in [-0.15, -0.1) is 0 Å². The maximum absolute atomic E-state index is 13.5. The number of allylic oxidation sites excluding steroid dienone is 2. The van der Waals surface area contributed by atoms with Crippen LogP contribution in [0.4, 0.5) is 0 Å². The number of hydrogen-bond acceptors (Lipinski definition) is 5. The van der Waals surface area contributed by atoms with Gasteiger partial charge < -0.3 is 4.90 Å². The number of Topliss-reactive ketones (excluding diaryl/α,β-unsaturated/α-hetero) is 2. The Kier molecular flexibility index (Phi) is 6.39. The summed E-state index contributed by atoms with van der Waals surface area (Å²) in [7, 11) is -4.12. The number of ketones is 2. The molecule has 0 spiro atoms. The average Bonchev–Trinajstić information content (AvgIpc) is 3.15. The third-order valence-electron chi connectivity index (χ3n) is 6.42. The number of nitrogens with one attached hydrogen (secondary N) is 1. The molecule has 1 heterocycles. The number of carbonyl (C=O) groups excluding carboxylic acids is 2. The zero-order valence-corrected chi connectivity index (χ0v) is 18.2. The van der Waals surface area contributed by atoms with Crippen LogP contribution in [0.5, 0.6) is 0 Å². The maximum Gasteiger partial charge on any atom is 0.246 e. The highest BCUT2D eigenvalue weighted by molar-refractivity contribution is 7.94. The summed E-state index contributed by atoms with van der Waals surface area (Å²) >= 11 is 0. The smallest absolute Gasteiger partial charge is 0.246 e. The lowest BCUT2D eigenvalue weighted by atomic mass is 9.91. The van der Waals surface area contributed by atoms with Gasteiger partial charge in [0.1, 0.15) is 5.70 Å². The molecule has 0 radical (unpaired) electrons. The molecule has 1 aromatic rings.